The van der Waals surface area contributed by atoms with Gasteiger partial charge >= 0.3 is 0 Å². The summed E-state index contributed by atoms with van der Waals surface area (Å²) in [5.74, 6) is 0.658. The van der Waals surface area contributed by atoms with Crippen molar-refractivity contribution < 1.29 is 8.42 Å². The average Bonchev–Trinajstić information content (AvgIpc) is 2.82. The minimum atomic E-state index is -3.56. The molecule has 0 saturated heterocycles. The molecule has 102 valence electrons. The van der Waals surface area contributed by atoms with Crippen molar-refractivity contribution in [3.05, 3.63) is 42.5 Å². The molecule has 6 nitrogen and oxygen atoms in total. The van der Waals surface area contributed by atoms with E-state index in [2.05, 4.69) is 15.0 Å². The molecule has 1 aromatic heterocycles. The van der Waals surface area contributed by atoms with E-state index in [9.17, 15) is 8.42 Å². The predicted molar refractivity (Wildman–Crippen MR) is 73.2 cm³/mol. The Morgan fingerprint density at radius 3 is 2.68 bits per heavy atom. The van der Waals surface area contributed by atoms with Crippen molar-refractivity contribution in [1.82, 2.24) is 14.3 Å². The van der Waals surface area contributed by atoms with E-state index in [0.29, 0.717) is 11.5 Å². The zero-order valence-electron chi connectivity index (χ0n) is 10.8. The molecule has 1 heterocycles. The molecule has 0 atom stereocenters. The molecule has 0 amide bonds. The first-order chi connectivity index (χ1) is 9.04. The number of para-hydroxylation sites is 1. The second kappa shape index (κ2) is 5.41. The van der Waals surface area contributed by atoms with E-state index < -0.39 is 10.0 Å². The molecule has 0 aliphatic heterocycles. The molecule has 1 aromatic carbocycles. The highest BCUT2D eigenvalue weighted by atomic mass is 32.2. The van der Waals surface area contributed by atoms with Gasteiger partial charge in [-0.1, -0.05) is 12.1 Å². The maximum atomic E-state index is 12.2. The monoisotopic (exact) mass is 280 g/mol. The lowest BCUT2D eigenvalue weighted by Crippen LogP contribution is -2.25. The molecule has 7 heteroatoms. The minimum absolute atomic E-state index is 0.157. The van der Waals surface area contributed by atoms with Gasteiger partial charge in [0.1, 0.15) is 10.7 Å². The first kappa shape index (κ1) is 13.6. The number of hydrogen-bond donors (Lipinski definition) is 2. The summed E-state index contributed by atoms with van der Waals surface area (Å²) in [6.07, 6.45) is 3.40. The highest BCUT2D eigenvalue weighted by Crippen LogP contribution is 2.19. The van der Waals surface area contributed by atoms with Gasteiger partial charge in [-0.2, -0.15) is 0 Å². The highest BCUT2D eigenvalue weighted by molar-refractivity contribution is 7.89. The summed E-state index contributed by atoms with van der Waals surface area (Å²) in [7, 11) is -0.0565. The number of aryl methyl sites for hydroxylation is 1. The molecule has 0 saturated carbocycles. The largest absolute Gasteiger partial charge is 0.387 e. The second-order valence-corrected chi connectivity index (χ2v) is 5.76. The van der Waals surface area contributed by atoms with Crippen LogP contribution in [0.15, 0.2) is 41.6 Å². The van der Waals surface area contributed by atoms with Gasteiger partial charge in [-0.25, -0.2) is 18.1 Å². The molecule has 0 bridgehead atoms. The maximum Gasteiger partial charge on any atom is 0.243 e. The fourth-order valence-corrected chi connectivity index (χ4v) is 2.90. The Kier molecular flexibility index (Phi) is 3.87. The molecule has 2 rings (SSSR count). The summed E-state index contributed by atoms with van der Waals surface area (Å²) in [5, 5.41) is 2.87. The Balaban J connectivity index is 2.21. The molecular weight excluding hydrogens is 264 g/mol. The normalized spacial score (nSPS) is 11.5. The number of rotatable bonds is 5. The van der Waals surface area contributed by atoms with Crippen molar-refractivity contribution in [3.8, 4) is 0 Å². The number of sulfonamides is 1. The third-order valence-electron chi connectivity index (χ3n) is 2.79. The van der Waals surface area contributed by atoms with Crippen molar-refractivity contribution in [3.63, 3.8) is 0 Å². The number of imidazole rings is 1. The lowest BCUT2D eigenvalue weighted by Gasteiger charge is -2.10. The maximum absolute atomic E-state index is 12.2. The van der Waals surface area contributed by atoms with Gasteiger partial charge in [0.25, 0.3) is 0 Å². The molecule has 0 aliphatic carbocycles. The lowest BCUT2D eigenvalue weighted by atomic mass is 10.3. The quantitative estimate of drug-likeness (QED) is 0.854. The number of benzene rings is 1. The Morgan fingerprint density at radius 2 is 2.05 bits per heavy atom. The van der Waals surface area contributed by atoms with E-state index in [1.54, 1.807) is 48.3 Å². The van der Waals surface area contributed by atoms with Crippen LogP contribution in [0.3, 0.4) is 0 Å². The van der Waals surface area contributed by atoms with Gasteiger partial charge in [-0.3, -0.25) is 0 Å². The Labute approximate surface area is 112 Å². The third-order valence-corrected chi connectivity index (χ3v) is 4.25. The Bertz CT molecular complexity index is 664. The van der Waals surface area contributed by atoms with Crippen LogP contribution in [0.2, 0.25) is 0 Å². The zero-order chi connectivity index (χ0) is 13.9. The molecule has 0 radical (unpaired) electrons. The van der Waals surface area contributed by atoms with E-state index in [0.717, 1.165) is 0 Å². The van der Waals surface area contributed by atoms with Gasteiger partial charge in [0.2, 0.25) is 10.0 Å². The molecule has 0 unspecified atom stereocenters. The summed E-state index contributed by atoms with van der Waals surface area (Å²) in [5.41, 5.74) is 0.565. The van der Waals surface area contributed by atoms with Gasteiger partial charge in [0.15, 0.2) is 0 Å². The zero-order valence-corrected chi connectivity index (χ0v) is 11.6. The number of hydrogen-bond acceptors (Lipinski definition) is 4. The highest BCUT2D eigenvalue weighted by Gasteiger charge is 2.17. The molecule has 0 spiro atoms. The van der Waals surface area contributed by atoms with Crippen LogP contribution < -0.4 is 10.0 Å². The van der Waals surface area contributed by atoms with Gasteiger partial charge in [0, 0.05) is 26.5 Å². The van der Waals surface area contributed by atoms with Crippen molar-refractivity contribution in [2.45, 2.75) is 11.4 Å². The third kappa shape index (κ3) is 2.94. The van der Waals surface area contributed by atoms with E-state index >= 15 is 0 Å². The second-order valence-electron chi connectivity index (χ2n) is 4.03. The van der Waals surface area contributed by atoms with E-state index in [4.69, 9.17) is 0 Å². The minimum Gasteiger partial charge on any atom is -0.387 e. The molecule has 0 fully saturated rings. The van der Waals surface area contributed by atoms with Crippen molar-refractivity contribution in [2.75, 3.05) is 12.4 Å². The van der Waals surface area contributed by atoms with E-state index in [1.165, 1.54) is 0 Å². The molecule has 0 aliphatic rings. The first-order valence-corrected chi connectivity index (χ1v) is 7.25. The summed E-state index contributed by atoms with van der Waals surface area (Å²) >= 11 is 0. The van der Waals surface area contributed by atoms with Gasteiger partial charge in [-0.15, -0.1) is 0 Å². The van der Waals surface area contributed by atoms with Crippen LogP contribution in [0.1, 0.15) is 5.82 Å². The van der Waals surface area contributed by atoms with Gasteiger partial charge < -0.3 is 9.88 Å². The predicted octanol–water partition coefficient (Wildman–Crippen LogP) is 0.940. The number of anilines is 1. The molecule has 19 heavy (non-hydrogen) atoms. The van der Waals surface area contributed by atoms with Crippen molar-refractivity contribution in [1.29, 1.82) is 0 Å². The molecule has 2 N–H and O–H groups in total. The summed E-state index contributed by atoms with van der Waals surface area (Å²) in [6.45, 7) is 0.157. The fraction of sp³-hybridized carbons (Fsp3) is 0.250. The standard InChI is InChI=1S/C12H16N4O2S/c1-13-10-5-3-4-6-11(10)19(17,18)15-9-12-14-7-8-16(12)2/h3-8,13,15H,9H2,1-2H3. The SMILES string of the molecule is CNc1ccccc1S(=O)(=O)NCc1nccn1C. The van der Waals surface area contributed by atoms with Crippen LogP contribution in [0, 0.1) is 0 Å². The van der Waals surface area contributed by atoms with Gasteiger partial charge in [0.05, 0.1) is 12.2 Å². The number of nitrogens with zero attached hydrogens (tertiary/aromatic N) is 2. The van der Waals surface area contributed by atoms with E-state index in [-0.39, 0.29) is 11.4 Å². The summed E-state index contributed by atoms with van der Waals surface area (Å²) < 4.78 is 28.8. The number of aromatic nitrogens is 2. The fourth-order valence-electron chi connectivity index (χ4n) is 1.71. The Hall–Kier alpha value is -1.86. The lowest BCUT2D eigenvalue weighted by molar-refractivity contribution is 0.578. The van der Waals surface area contributed by atoms with Crippen LogP contribution in [0.4, 0.5) is 5.69 Å². The van der Waals surface area contributed by atoms with Crippen molar-refractivity contribution in [2.24, 2.45) is 7.05 Å². The summed E-state index contributed by atoms with van der Waals surface area (Å²) in [6, 6.07) is 6.75. The topological polar surface area (TPSA) is 76.0 Å². The van der Waals surface area contributed by atoms with E-state index in [1.807, 2.05) is 7.05 Å². The van der Waals surface area contributed by atoms with Crippen LogP contribution in [0.25, 0.3) is 0 Å². The van der Waals surface area contributed by atoms with Crippen LogP contribution in [0.5, 0.6) is 0 Å². The molecular formula is C12H16N4O2S. The van der Waals surface area contributed by atoms with Crippen LogP contribution >= 0.6 is 0 Å². The average molecular weight is 280 g/mol. The Morgan fingerprint density at radius 1 is 1.32 bits per heavy atom. The number of nitrogens with one attached hydrogen (secondary N) is 2. The van der Waals surface area contributed by atoms with Gasteiger partial charge in [-0.05, 0) is 12.1 Å². The smallest absolute Gasteiger partial charge is 0.243 e. The van der Waals surface area contributed by atoms with Crippen LogP contribution in [-0.2, 0) is 23.6 Å². The molecule has 2 aromatic rings. The first-order valence-electron chi connectivity index (χ1n) is 5.77. The van der Waals surface area contributed by atoms with Crippen molar-refractivity contribution >= 4 is 15.7 Å². The van der Waals surface area contributed by atoms with Crippen LogP contribution in [-0.4, -0.2) is 25.0 Å². The summed E-state index contributed by atoms with van der Waals surface area (Å²) in [4.78, 5) is 4.30.